The van der Waals surface area contributed by atoms with Crippen LogP contribution in [0.4, 0.5) is 11.6 Å². The van der Waals surface area contributed by atoms with Crippen LogP contribution in [0.15, 0.2) is 64.9 Å². The van der Waals surface area contributed by atoms with Crippen LogP contribution in [0.5, 0.6) is 5.75 Å². The number of ether oxygens (including phenoxy) is 1. The van der Waals surface area contributed by atoms with Crippen molar-refractivity contribution in [3.63, 3.8) is 0 Å². The zero-order valence-electron chi connectivity index (χ0n) is 15.1. The highest BCUT2D eigenvalue weighted by atomic mass is 32.2. The second-order valence-electron chi connectivity index (χ2n) is 5.52. The number of methoxy groups -OCH3 is 1. The molecule has 10 heteroatoms. The molecule has 0 aliphatic carbocycles. The Balaban J connectivity index is 1.51. The standard InChI is InChI=1S/C18H19N7O2S/c1-27-15-9-7-13(8-10-15)11-20-22-17-23-24-18(25(17)19)28-12-16(26)21-14-5-3-2-4-6-14/h2-11H,12,19H2,1H3,(H,21,26)(H,22,23)/b20-11+. The summed E-state index contributed by atoms with van der Waals surface area (Å²) in [7, 11) is 1.61. The molecule has 0 spiro atoms. The summed E-state index contributed by atoms with van der Waals surface area (Å²) in [4.78, 5) is 12.0. The number of benzene rings is 2. The Morgan fingerprint density at radius 2 is 1.96 bits per heavy atom. The third-order valence-corrected chi connectivity index (χ3v) is 4.49. The average molecular weight is 397 g/mol. The number of nitrogens with two attached hydrogens (primary N) is 1. The van der Waals surface area contributed by atoms with Crippen LogP contribution in [0.3, 0.4) is 0 Å². The maximum atomic E-state index is 12.0. The van der Waals surface area contributed by atoms with E-state index in [1.54, 1.807) is 13.3 Å². The van der Waals surface area contributed by atoms with Crippen molar-refractivity contribution >= 4 is 35.5 Å². The van der Waals surface area contributed by atoms with Crippen molar-refractivity contribution in [3.8, 4) is 5.75 Å². The van der Waals surface area contributed by atoms with Crippen molar-refractivity contribution in [2.75, 3.05) is 29.4 Å². The van der Waals surface area contributed by atoms with Crippen molar-refractivity contribution < 1.29 is 9.53 Å². The Morgan fingerprint density at radius 3 is 2.68 bits per heavy atom. The Bertz CT molecular complexity index is 942. The van der Waals surface area contributed by atoms with Crippen LogP contribution in [0, 0.1) is 0 Å². The lowest BCUT2D eigenvalue weighted by molar-refractivity contribution is -0.113. The van der Waals surface area contributed by atoms with Gasteiger partial charge < -0.3 is 15.9 Å². The van der Waals surface area contributed by atoms with Gasteiger partial charge in [-0.3, -0.25) is 4.79 Å². The lowest BCUT2D eigenvalue weighted by Crippen LogP contribution is -2.16. The molecule has 0 saturated heterocycles. The SMILES string of the molecule is COc1ccc(/C=N/Nc2nnc(SCC(=O)Nc3ccccc3)n2N)cc1. The van der Waals surface area contributed by atoms with Gasteiger partial charge >= 0.3 is 0 Å². The summed E-state index contributed by atoms with van der Waals surface area (Å²) in [5.74, 6) is 6.97. The van der Waals surface area contributed by atoms with Crippen LogP contribution in [-0.4, -0.2) is 39.9 Å². The minimum absolute atomic E-state index is 0.152. The van der Waals surface area contributed by atoms with E-state index < -0.39 is 0 Å². The summed E-state index contributed by atoms with van der Waals surface area (Å²) in [6.45, 7) is 0. The van der Waals surface area contributed by atoms with Crippen LogP contribution in [0.1, 0.15) is 5.56 Å². The molecule has 144 valence electrons. The van der Waals surface area contributed by atoms with E-state index in [0.29, 0.717) is 5.16 Å². The van der Waals surface area contributed by atoms with Crippen molar-refractivity contribution in [3.05, 3.63) is 60.2 Å². The van der Waals surface area contributed by atoms with E-state index in [4.69, 9.17) is 10.6 Å². The zero-order valence-corrected chi connectivity index (χ0v) is 15.9. The number of anilines is 2. The molecule has 3 aromatic rings. The number of carbonyl (C=O) groups excluding carboxylic acids is 1. The van der Waals surface area contributed by atoms with Gasteiger partial charge in [-0.1, -0.05) is 30.0 Å². The van der Waals surface area contributed by atoms with Gasteiger partial charge in [0.05, 0.1) is 19.1 Å². The number of thioether (sulfide) groups is 1. The minimum Gasteiger partial charge on any atom is -0.497 e. The molecule has 9 nitrogen and oxygen atoms in total. The number of hydrogen-bond donors (Lipinski definition) is 3. The monoisotopic (exact) mass is 397 g/mol. The highest BCUT2D eigenvalue weighted by Gasteiger charge is 2.12. The summed E-state index contributed by atoms with van der Waals surface area (Å²) in [6, 6.07) is 16.6. The summed E-state index contributed by atoms with van der Waals surface area (Å²) < 4.78 is 6.35. The van der Waals surface area contributed by atoms with Gasteiger partial charge in [0.2, 0.25) is 11.1 Å². The van der Waals surface area contributed by atoms with Gasteiger partial charge in [-0.15, -0.1) is 10.2 Å². The number of rotatable bonds is 8. The van der Waals surface area contributed by atoms with E-state index in [9.17, 15) is 4.79 Å². The molecule has 1 aromatic heterocycles. The zero-order chi connectivity index (χ0) is 19.8. The highest BCUT2D eigenvalue weighted by molar-refractivity contribution is 7.99. The predicted octanol–water partition coefficient (Wildman–Crippen LogP) is 2.18. The molecule has 0 unspecified atom stereocenters. The first kappa shape index (κ1) is 19.2. The van der Waals surface area contributed by atoms with E-state index in [1.165, 1.54) is 16.4 Å². The van der Waals surface area contributed by atoms with Crippen molar-refractivity contribution in [1.29, 1.82) is 0 Å². The molecule has 28 heavy (non-hydrogen) atoms. The molecule has 0 saturated carbocycles. The van der Waals surface area contributed by atoms with Crippen molar-refractivity contribution in [1.82, 2.24) is 14.9 Å². The molecule has 4 N–H and O–H groups in total. The molecule has 0 atom stereocenters. The first-order valence-electron chi connectivity index (χ1n) is 8.27. The van der Waals surface area contributed by atoms with Gasteiger partial charge in [0.15, 0.2) is 0 Å². The number of carbonyl (C=O) groups is 1. The Kier molecular flexibility index (Phi) is 6.47. The van der Waals surface area contributed by atoms with Gasteiger partial charge in [-0.25, -0.2) is 10.1 Å². The van der Waals surface area contributed by atoms with Crippen LogP contribution in [-0.2, 0) is 4.79 Å². The largest absolute Gasteiger partial charge is 0.497 e. The quantitative estimate of drug-likeness (QED) is 0.231. The molecule has 1 amide bonds. The smallest absolute Gasteiger partial charge is 0.264 e. The lowest BCUT2D eigenvalue weighted by atomic mass is 10.2. The van der Waals surface area contributed by atoms with Crippen molar-refractivity contribution in [2.24, 2.45) is 5.10 Å². The third-order valence-electron chi connectivity index (χ3n) is 3.55. The fraction of sp³-hybridized carbons (Fsp3) is 0.111. The summed E-state index contributed by atoms with van der Waals surface area (Å²) >= 11 is 1.18. The number of para-hydroxylation sites is 1. The molecule has 0 radical (unpaired) electrons. The number of hydrazone groups is 1. The Labute approximate surface area is 166 Å². The molecule has 0 aliphatic heterocycles. The molecule has 3 rings (SSSR count). The van der Waals surface area contributed by atoms with Crippen LogP contribution in [0.25, 0.3) is 0 Å². The van der Waals surface area contributed by atoms with E-state index in [1.807, 2.05) is 54.6 Å². The van der Waals surface area contributed by atoms with Crippen LogP contribution < -0.4 is 21.3 Å². The number of amides is 1. The summed E-state index contributed by atoms with van der Waals surface area (Å²) in [6.07, 6.45) is 1.62. The molecule has 0 aliphatic rings. The first-order valence-corrected chi connectivity index (χ1v) is 9.25. The second-order valence-corrected chi connectivity index (χ2v) is 6.46. The van der Waals surface area contributed by atoms with E-state index in [2.05, 4.69) is 26.0 Å². The molecule has 2 aromatic carbocycles. The lowest BCUT2D eigenvalue weighted by Gasteiger charge is -2.05. The van der Waals surface area contributed by atoms with Gasteiger partial charge in [-0.2, -0.15) is 5.10 Å². The summed E-state index contributed by atoms with van der Waals surface area (Å²) in [5, 5.41) is 15.2. The van der Waals surface area contributed by atoms with Crippen LogP contribution >= 0.6 is 11.8 Å². The molecule has 1 heterocycles. The van der Waals surface area contributed by atoms with Crippen molar-refractivity contribution in [2.45, 2.75) is 5.16 Å². The van der Waals surface area contributed by atoms with E-state index in [0.717, 1.165) is 17.0 Å². The van der Waals surface area contributed by atoms with E-state index >= 15 is 0 Å². The average Bonchev–Trinajstić information content (AvgIpc) is 3.07. The maximum absolute atomic E-state index is 12.0. The number of hydrogen-bond acceptors (Lipinski definition) is 8. The number of nitrogen functional groups attached to an aromatic ring is 1. The normalized spacial score (nSPS) is 10.8. The number of aromatic nitrogens is 3. The van der Waals surface area contributed by atoms with Gasteiger partial charge in [0, 0.05) is 5.69 Å². The molecule has 0 bridgehead atoms. The Hall–Kier alpha value is -3.53. The number of nitrogens with zero attached hydrogens (tertiary/aromatic N) is 4. The minimum atomic E-state index is -0.161. The topological polar surface area (TPSA) is 119 Å². The van der Waals surface area contributed by atoms with Gasteiger partial charge in [0.25, 0.3) is 5.95 Å². The predicted molar refractivity (Wildman–Crippen MR) is 110 cm³/mol. The van der Waals surface area contributed by atoms with Gasteiger partial charge in [-0.05, 0) is 42.0 Å². The maximum Gasteiger partial charge on any atom is 0.264 e. The fourth-order valence-electron chi connectivity index (χ4n) is 2.15. The summed E-state index contributed by atoms with van der Waals surface area (Å²) in [5.41, 5.74) is 4.34. The Morgan fingerprint density at radius 1 is 1.21 bits per heavy atom. The molecular formula is C18H19N7O2S. The number of nitrogens with one attached hydrogen (secondary N) is 2. The fourth-order valence-corrected chi connectivity index (χ4v) is 2.81. The third kappa shape index (κ3) is 5.24. The first-order chi connectivity index (χ1) is 13.7. The molecular weight excluding hydrogens is 378 g/mol. The van der Waals surface area contributed by atoms with E-state index in [-0.39, 0.29) is 17.6 Å². The second kappa shape index (κ2) is 9.42. The molecule has 0 fully saturated rings. The highest BCUT2D eigenvalue weighted by Crippen LogP contribution is 2.17. The van der Waals surface area contributed by atoms with Gasteiger partial charge in [0.1, 0.15) is 5.75 Å². The van der Waals surface area contributed by atoms with Crippen LogP contribution in [0.2, 0.25) is 0 Å².